The molecule has 0 aliphatic rings. The monoisotopic (exact) mass is 178 g/mol. The minimum Gasteiger partial charge on any atom is -0.389 e. The predicted octanol–water partition coefficient (Wildman–Crippen LogP) is 1.30. The van der Waals surface area contributed by atoms with Crippen LogP contribution < -0.4 is 4.57 Å². The molecule has 1 aromatic heterocycles. The number of nitrogens with zero attached hydrogens (tertiary/aromatic N) is 1. The number of aromatic nitrogens is 1. The lowest BCUT2D eigenvalue weighted by Gasteiger charge is -1.97. The normalized spacial score (nSPS) is 13.4. The summed E-state index contributed by atoms with van der Waals surface area (Å²) in [5, 5.41) is 9.24. The maximum atomic E-state index is 9.24. The van der Waals surface area contributed by atoms with Crippen LogP contribution in [0.3, 0.4) is 0 Å². The molecule has 0 amide bonds. The highest BCUT2D eigenvalue weighted by molar-refractivity contribution is 4.87. The van der Waals surface area contributed by atoms with Crippen molar-refractivity contribution in [1.82, 2.24) is 0 Å². The topological polar surface area (TPSA) is 24.1 Å². The van der Waals surface area contributed by atoms with Gasteiger partial charge >= 0.3 is 0 Å². The number of allylic oxidation sites excluding steroid dienone is 1. The summed E-state index contributed by atoms with van der Waals surface area (Å²) < 4.78 is 2.05. The summed E-state index contributed by atoms with van der Waals surface area (Å²) in [7, 11) is 0. The first kappa shape index (κ1) is 9.93. The molecule has 13 heavy (non-hydrogen) atoms. The van der Waals surface area contributed by atoms with Crippen LogP contribution in [0.4, 0.5) is 0 Å². The molecule has 0 radical (unpaired) electrons. The Morgan fingerprint density at radius 3 is 2.62 bits per heavy atom. The van der Waals surface area contributed by atoms with Crippen molar-refractivity contribution in [3.63, 3.8) is 0 Å². The Hall–Kier alpha value is -1.15. The Labute approximate surface area is 79.2 Å². The Morgan fingerprint density at radius 1 is 1.31 bits per heavy atom. The van der Waals surface area contributed by atoms with Crippen molar-refractivity contribution < 1.29 is 9.67 Å². The van der Waals surface area contributed by atoms with Crippen molar-refractivity contribution in [3.8, 4) is 0 Å². The van der Waals surface area contributed by atoms with E-state index in [-0.39, 0.29) is 6.10 Å². The van der Waals surface area contributed by atoms with Crippen LogP contribution in [-0.2, 0) is 6.54 Å². The van der Waals surface area contributed by atoms with Gasteiger partial charge in [-0.3, -0.25) is 0 Å². The molecule has 1 aromatic rings. The first-order valence-corrected chi connectivity index (χ1v) is 4.61. The van der Waals surface area contributed by atoms with Crippen molar-refractivity contribution in [3.05, 3.63) is 42.7 Å². The molecule has 0 aromatic carbocycles. The van der Waals surface area contributed by atoms with Gasteiger partial charge in [0.15, 0.2) is 18.9 Å². The maximum absolute atomic E-state index is 9.24. The Kier molecular flexibility index (Phi) is 4.19. The molecule has 1 N–H and O–H groups in total. The molecule has 1 atom stereocenters. The second-order valence-electron chi connectivity index (χ2n) is 2.98. The predicted molar refractivity (Wildman–Crippen MR) is 52.1 cm³/mol. The molecule has 70 valence electrons. The van der Waals surface area contributed by atoms with E-state index in [2.05, 4.69) is 4.57 Å². The van der Waals surface area contributed by atoms with Crippen LogP contribution >= 0.6 is 0 Å². The van der Waals surface area contributed by atoms with Gasteiger partial charge in [0.2, 0.25) is 0 Å². The van der Waals surface area contributed by atoms with Gasteiger partial charge in [-0.25, -0.2) is 4.57 Å². The van der Waals surface area contributed by atoms with Crippen LogP contribution in [0.25, 0.3) is 0 Å². The van der Waals surface area contributed by atoms with Crippen LogP contribution in [0, 0.1) is 0 Å². The van der Waals surface area contributed by atoms with E-state index in [0.29, 0.717) is 0 Å². The average molecular weight is 178 g/mol. The summed E-state index contributed by atoms with van der Waals surface area (Å²) in [5.74, 6) is 0. The Bertz CT molecular complexity index is 256. The number of aliphatic hydroxyl groups is 1. The molecule has 0 fully saturated rings. The van der Waals surface area contributed by atoms with Gasteiger partial charge in [0.05, 0.1) is 6.10 Å². The molecule has 0 saturated heterocycles. The zero-order chi connectivity index (χ0) is 9.52. The molecule has 0 aliphatic carbocycles. The molecule has 0 saturated carbocycles. The molecule has 1 rings (SSSR count). The average Bonchev–Trinajstić information content (AvgIpc) is 2.19. The summed E-state index contributed by atoms with van der Waals surface area (Å²) in [6.07, 6.45) is 8.29. The third-order valence-electron chi connectivity index (χ3n) is 1.87. The summed E-state index contributed by atoms with van der Waals surface area (Å²) in [6, 6.07) is 5.97. The molecule has 2 heteroatoms. The number of hydrogen-bond donors (Lipinski definition) is 1. The molecule has 1 heterocycles. The first-order chi connectivity index (χ1) is 6.33. The third kappa shape index (κ3) is 3.85. The van der Waals surface area contributed by atoms with E-state index < -0.39 is 0 Å². The van der Waals surface area contributed by atoms with Crippen LogP contribution in [0.5, 0.6) is 0 Å². The van der Waals surface area contributed by atoms with E-state index in [9.17, 15) is 5.11 Å². The van der Waals surface area contributed by atoms with Gasteiger partial charge in [-0.2, -0.15) is 0 Å². The van der Waals surface area contributed by atoms with E-state index in [1.54, 1.807) is 0 Å². The zero-order valence-electron chi connectivity index (χ0n) is 7.93. The van der Waals surface area contributed by atoms with Gasteiger partial charge in [-0.05, 0) is 12.5 Å². The lowest BCUT2D eigenvalue weighted by molar-refractivity contribution is -0.687. The molecule has 0 bridgehead atoms. The molecule has 0 spiro atoms. The fourth-order valence-corrected chi connectivity index (χ4v) is 1.03. The number of aliphatic hydroxyl groups excluding tert-OH is 1. The van der Waals surface area contributed by atoms with Crippen molar-refractivity contribution in [2.75, 3.05) is 0 Å². The lowest BCUT2D eigenvalue weighted by atomic mass is 10.2. The van der Waals surface area contributed by atoms with Gasteiger partial charge in [-0.15, -0.1) is 0 Å². The second kappa shape index (κ2) is 5.49. The van der Waals surface area contributed by atoms with Crippen molar-refractivity contribution in [1.29, 1.82) is 0 Å². The molecule has 0 aliphatic heterocycles. The molecular weight excluding hydrogens is 162 g/mol. The van der Waals surface area contributed by atoms with Gasteiger partial charge < -0.3 is 5.11 Å². The van der Waals surface area contributed by atoms with E-state index >= 15 is 0 Å². The van der Waals surface area contributed by atoms with Crippen molar-refractivity contribution in [2.24, 2.45) is 0 Å². The maximum Gasteiger partial charge on any atom is 0.169 e. The van der Waals surface area contributed by atoms with Gasteiger partial charge in [0.25, 0.3) is 0 Å². The summed E-state index contributed by atoms with van der Waals surface area (Å²) >= 11 is 0. The zero-order valence-corrected chi connectivity index (χ0v) is 7.93. The molecule has 1 unspecified atom stereocenters. The second-order valence-corrected chi connectivity index (χ2v) is 2.98. The van der Waals surface area contributed by atoms with Gasteiger partial charge in [0, 0.05) is 12.1 Å². The van der Waals surface area contributed by atoms with Crippen LogP contribution in [-0.4, -0.2) is 11.2 Å². The minimum atomic E-state index is -0.302. The van der Waals surface area contributed by atoms with Gasteiger partial charge in [0.1, 0.15) is 0 Å². The van der Waals surface area contributed by atoms with E-state index in [4.69, 9.17) is 0 Å². The highest BCUT2D eigenvalue weighted by atomic mass is 16.3. The largest absolute Gasteiger partial charge is 0.389 e. The number of pyridine rings is 1. The summed E-state index contributed by atoms with van der Waals surface area (Å²) in [5.41, 5.74) is 0. The number of rotatable bonds is 4. The summed E-state index contributed by atoms with van der Waals surface area (Å²) in [4.78, 5) is 0. The van der Waals surface area contributed by atoms with E-state index in [0.717, 1.165) is 13.0 Å². The lowest BCUT2D eigenvalue weighted by Crippen LogP contribution is -2.31. The highest BCUT2D eigenvalue weighted by Gasteiger charge is 1.95. The van der Waals surface area contributed by atoms with Crippen molar-refractivity contribution >= 4 is 0 Å². The SMILES string of the molecule is CCC(O)C=CC[n+]1ccccc1. The van der Waals surface area contributed by atoms with Crippen LogP contribution in [0.15, 0.2) is 42.7 Å². The fourth-order valence-electron chi connectivity index (χ4n) is 1.03. The Balaban J connectivity index is 2.39. The standard InChI is InChI=1S/C11H16NO/c1-2-11(13)7-6-10-12-8-4-3-5-9-12/h3-9,11,13H,2,10H2,1H3/q+1. The Morgan fingerprint density at radius 2 is 2.00 bits per heavy atom. The van der Waals surface area contributed by atoms with E-state index in [1.165, 1.54) is 0 Å². The molecular formula is C11H16NO+. The van der Waals surface area contributed by atoms with Crippen LogP contribution in [0.2, 0.25) is 0 Å². The fraction of sp³-hybridized carbons (Fsp3) is 0.364. The first-order valence-electron chi connectivity index (χ1n) is 4.61. The molecule has 2 nitrogen and oxygen atoms in total. The van der Waals surface area contributed by atoms with Gasteiger partial charge in [-0.1, -0.05) is 19.1 Å². The third-order valence-corrected chi connectivity index (χ3v) is 1.87. The minimum absolute atomic E-state index is 0.302. The highest BCUT2D eigenvalue weighted by Crippen LogP contribution is 1.90. The van der Waals surface area contributed by atoms with Crippen LogP contribution in [0.1, 0.15) is 13.3 Å². The quantitative estimate of drug-likeness (QED) is 0.545. The number of hydrogen-bond acceptors (Lipinski definition) is 1. The van der Waals surface area contributed by atoms with E-state index in [1.807, 2.05) is 49.7 Å². The van der Waals surface area contributed by atoms with Crippen molar-refractivity contribution in [2.45, 2.75) is 26.0 Å². The summed E-state index contributed by atoms with van der Waals surface area (Å²) in [6.45, 7) is 2.78. The smallest absolute Gasteiger partial charge is 0.169 e.